The largest absolute Gasteiger partial charge is 0.327 e. The number of benzene rings is 2. The van der Waals surface area contributed by atoms with Crippen molar-refractivity contribution in [3.05, 3.63) is 72.1 Å². The van der Waals surface area contributed by atoms with Gasteiger partial charge in [-0.15, -0.1) is 0 Å². The number of aromatic nitrogens is 2. The van der Waals surface area contributed by atoms with Crippen LogP contribution in [0.4, 0.5) is 0 Å². The van der Waals surface area contributed by atoms with Crippen molar-refractivity contribution < 1.29 is 8.42 Å². The molecule has 0 aliphatic carbocycles. The lowest BCUT2D eigenvalue weighted by atomic mass is 10.1. The Morgan fingerprint density at radius 1 is 0.962 bits per heavy atom. The van der Waals surface area contributed by atoms with E-state index in [9.17, 15) is 8.42 Å². The van der Waals surface area contributed by atoms with Gasteiger partial charge < -0.3 is 9.47 Å². The Labute approximate surface area is 154 Å². The van der Waals surface area contributed by atoms with Crippen molar-refractivity contribution >= 4 is 9.84 Å². The van der Waals surface area contributed by atoms with E-state index in [0.717, 1.165) is 17.9 Å². The maximum Gasteiger partial charge on any atom is 0.175 e. The third kappa shape index (κ3) is 4.39. The zero-order valence-electron chi connectivity index (χ0n) is 15.3. The van der Waals surface area contributed by atoms with Crippen LogP contribution in [-0.4, -0.2) is 43.2 Å². The number of hydrogen-bond acceptors (Lipinski definition) is 4. The fourth-order valence-electron chi connectivity index (χ4n) is 2.86. The van der Waals surface area contributed by atoms with E-state index in [1.54, 1.807) is 30.5 Å². The average Bonchev–Trinajstić information content (AvgIpc) is 3.03. The van der Waals surface area contributed by atoms with Crippen molar-refractivity contribution in [1.29, 1.82) is 0 Å². The number of rotatable bonds is 6. The summed E-state index contributed by atoms with van der Waals surface area (Å²) in [5.74, 6) is 0.822. The van der Waals surface area contributed by atoms with E-state index in [1.165, 1.54) is 17.4 Å². The molecule has 0 unspecified atom stereocenters. The lowest BCUT2D eigenvalue weighted by Crippen LogP contribution is -2.10. The van der Waals surface area contributed by atoms with Crippen LogP contribution < -0.4 is 0 Å². The summed E-state index contributed by atoms with van der Waals surface area (Å²) in [6.45, 7) is 1.63. The van der Waals surface area contributed by atoms with Crippen molar-refractivity contribution in [2.75, 3.05) is 20.4 Å². The topological polar surface area (TPSA) is 55.2 Å². The van der Waals surface area contributed by atoms with Crippen molar-refractivity contribution in [2.24, 2.45) is 0 Å². The van der Waals surface area contributed by atoms with E-state index in [-0.39, 0.29) is 0 Å². The second-order valence-electron chi connectivity index (χ2n) is 6.73. The SMILES string of the molecule is CN(C)Cc1ccc(Cn2ccnc2-c2ccc(S(C)(=O)=O)cc2)cc1. The molecule has 0 aliphatic rings. The van der Waals surface area contributed by atoms with Gasteiger partial charge in [-0.3, -0.25) is 0 Å². The van der Waals surface area contributed by atoms with Gasteiger partial charge in [-0.05, 0) is 49.5 Å². The predicted octanol–water partition coefficient (Wildman–Crippen LogP) is 3.06. The molecule has 3 aromatic rings. The minimum Gasteiger partial charge on any atom is -0.327 e. The molecular weight excluding hydrogens is 346 g/mol. The van der Waals surface area contributed by atoms with Crippen LogP contribution in [0.5, 0.6) is 0 Å². The third-order valence-electron chi connectivity index (χ3n) is 4.13. The second kappa shape index (κ2) is 7.43. The standard InChI is InChI=1S/C20H23N3O2S/c1-22(2)14-16-4-6-17(7-5-16)15-23-13-12-21-20(23)18-8-10-19(11-9-18)26(3,24)25/h4-13H,14-15H2,1-3H3. The predicted molar refractivity (Wildman–Crippen MR) is 104 cm³/mol. The smallest absolute Gasteiger partial charge is 0.175 e. The monoisotopic (exact) mass is 369 g/mol. The second-order valence-corrected chi connectivity index (χ2v) is 8.75. The van der Waals surface area contributed by atoms with Crippen LogP contribution in [0.2, 0.25) is 0 Å². The molecule has 0 atom stereocenters. The Morgan fingerprint density at radius 3 is 2.15 bits per heavy atom. The Kier molecular flexibility index (Phi) is 5.25. The number of imidazole rings is 1. The Balaban J connectivity index is 1.80. The van der Waals surface area contributed by atoms with Crippen LogP contribution in [0.1, 0.15) is 11.1 Å². The van der Waals surface area contributed by atoms with Gasteiger partial charge in [-0.25, -0.2) is 13.4 Å². The van der Waals surface area contributed by atoms with E-state index in [0.29, 0.717) is 11.4 Å². The van der Waals surface area contributed by atoms with Crippen LogP contribution >= 0.6 is 0 Å². The summed E-state index contributed by atoms with van der Waals surface area (Å²) < 4.78 is 25.3. The first-order valence-corrected chi connectivity index (χ1v) is 10.3. The lowest BCUT2D eigenvalue weighted by Gasteiger charge is -2.11. The molecule has 6 heteroatoms. The zero-order chi connectivity index (χ0) is 18.7. The molecule has 0 N–H and O–H groups in total. The van der Waals surface area contributed by atoms with Crippen molar-refractivity contribution in [2.45, 2.75) is 18.0 Å². The summed E-state index contributed by atoms with van der Waals surface area (Å²) in [4.78, 5) is 6.90. The molecule has 1 aromatic heterocycles. The highest BCUT2D eigenvalue weighted by atomic mass is 32.2. The molecule has 0 bridgehead atoms. The van der Waals surface area contributed by atoms with Crippen LogP contribution in [0.3, 0.4) is 0 Å². The lowest BCUT2D eigenvalue weighted by molar-refractivity contribution is 0.402. The summed E-state index contributed by atoms with van der Waals surface area (Å²) in [5, 5.41) is 0. The molecule has 0 amide bonds. The van der Waals surface area contributed by atoms with E-state index < -0.39 is 9.84 Å². The van der Waals surface area contributed by atoms with E-state index in [2.05, 4.69) is 52.8 Å². The van der Waals surface area contributed by atoms with E-state index in [4.69, 9.17) is 0 Å². The zero-order valence-corrected chi connectivity index (χ0v) is 16.1. The molecule has 0 saturated carbocycles. The van der Waals surface area contributed by atoms with Gasteiger partial charge in [0, 0.05) is 37.3 Å². The number of hydrogen-bond donors (Lipinski definition) is 0. The van der Waals surface area contributed by atoms with E-state index in [1.807, 2.05) is 6.20 Å². The fourth-order valence-corrected chi connectivity index (χ4v) is 3.49. The highest BCUT2D eigenvalue weighted by Gasteiger charge is 2.10. The molecule has 0 fully saturated rings. The first-order chi connectivity index (χ1) is 12.3. The molecule has 136 valence electrons. The molecule has 0 spiro atoms. The summed E-state index contributed by atoms with van der Waals surface area (Å²) in [7, 11) is 0.922. The molecule has 0 saturated heterocycles. The van der Waals surface area contributed by atoms with Crippen LogP contribution in [-0.2, 0) is 22.9 Å². The fraction of sp³-hybridized carbons (Fsp3) is 0.250. The molecule has 26 heavy (non-hydrogen) atoms. The summed E-state index contributed by atoms with van der Waals surface area (Å²) in [6.07, 6.45) is 4.91. The quantitative estimate of drug-likeness (QED) is 0.670. The Morgan fingerprint density at radius 2 is 1.58 bits per heavy atom. The van der Waals surface area contributed by atoms with Gasteiger partial charge in [-0.1, -0.05) is 24.3 Å². The summed E-state index contributed by atoms with van der Waals surface area (Å²) in [5.41, 5.74) is 3.37. The summed E-state index contributed by atoms with van der Waals surface area (Å²) >= 11 is 0. The molecule has 5 nitrogen and oxygen atoms in total. The minimum atomic E-state index is -3.19. The number of nitrogens with zero attached hydrogens (tertiary/aromatic N) is 3. The maximum atomic E-state index is 11.6. The minimum absolute atomic E-state index is 0.316. The molecule has 0 radical (unpaired) electrons. The highest BCUT2D eigenvalue weighted by Crippen LogP contribution is 2.21. The normalized spacial score (nSPS) is 11.8. The summed E-state index contributed by atoms with van der Waals surface area (Å²) in [6, 6.07) is 15.4. The molecular formula is C20H23N3O2S. The van der Waals surface area contributed by atoms with Gasteiger partial charge in [0.25, 0.3) is 0 Å². The van der Waals surface area contributed by atoms with Gasteiger partial charge >= 0.3 is 0 Å². The number of sulfone groups is 1. The maximum absolute atomic E-state index is 11.6. The molecule has 2 aromatic carbocycles. The average molecular weight is 369 g/mol. The third-order valence-corrected chi connectivity index (χ3v) is 5.26. The van der Waals surface area contributed by atoms with Gasteiger partial charge in [0.2, 0.25) is 0 Å². The van der Waals surface area contributed by atoms with E-state index >= 15 is 0 Å². The van der Waals surface area contributed by atoms with Gasteiger partial charge in [-0.2, -0.15) is 0 Å². The van der Waals surface area contributed by atoms with Crippen LogP contribution in [0.15, 0.2) is 65.8 Å². The van der Waals surface area contributed by atoms with Crippen molar-refractivity contribution in [3.63, 3.8) is 0 Å². The Bertz CT molecular complexity index is 973. The first kappa shape index (κ1) is 18.4. The van der Waals surface area contributed by atoms with Crippen LogP contribution in [0.25, 0.3) is 11.4 Å². The van der Waals surface area contributed by atoms with Crippen molar-refractivity contribution in [1.82, 2.24) is 14.5 Å². The van der Waals surface area contributed by atoms with Gasteiger partial charge in [0.15, 0.2) is 9.84 Å². The Hall–Kier alpha value is -2.44. The van der Waals surface area contributed by atoms with Gasteiger partial charge in [0.1, 0.15) is 5.82 Å². The molecule has 3 rings (SSSR count). The van der Waals surface area contributed by atoms with Crippen molar-refractivity contribution in [3.8, 4) is 11.4 Å². The highest BCUT2D eigenvalue weighted by molar-refractivity contribution is 7.90. The van der Waals surface area contributed by atoms with Gasteiger partial charge in [0.05, 0.1) is 4.90 Å². The first-order valence-electron chi connectivity index (χ1n) is 8.37. The van der Waals surface area contributed by atoms with Crippen LogP contribution in [0, 0.1) is 0 Å². The molecule has 0 aliphatic heterocycles. The molecule has 1 heterocycles.